The van der Waals surface area contributed by atoms with Crippen LogP contribution in [0.3, 0.4) is 0 Å². The number of halogens is 1. The van der Waals surface area contributed by atoms with Gasteiger partial charge in [0.25, 0.3) is 0 Å². The minimum atomic E-state index is -1.34. The van der Waals surface area contributed by atoms with E-state index >= 15 is 0 Å². The van der Waals surface area contributed by atoms with Crippen molar-refractivity contribution in [3.05, 3.63) is 33.7 Å². The molecule has 1 amide bonds. The summed E-state index contributed by atoms with van der Waals surface area (Å²) in [6.07, 6.45) is -1.36. The first-order chi connectivity index (χ1) is 22.4. The summed E-state index contributed by atoms with van der Waals surface area (Å²) in [6.45, 7) is 12.4. The Hall–Kier alpha value is -4.51. The molecule has 1 fully saturated rings. The zero-order valence-corrected chi connectivity index (χ0v) is 28.5. The quantitative estimate of drug-likeness (QED) is 0.159. The van der Waals surface area contributed by atoms with Gasteiger partial charge in [-0.3, -0.25) is 24.3 Å². The number of rotatable bonds is 12. The number of nitrogens with one attached hydrogen (secondary N) is 1. The van der Waals surface area contributed by atoms with E-state index in [1.54, 1.807) is 34.6 Å². The van der Waals surface area contributed by atoms with Crippen LogP contribution in [0.5, 0.6) is 0 Å². The molecule has 262 valence electrons. The summed E-state index contributed by atoms with van der Waals surface area (Å²) in [5.41, 5.74) is -2.25. The lowest BCUT2D eigenvalue weighted by molar-refractivity contribution is -0.177. The van der Waals surface area contributed by atoms with E-state index in [-0.39, 0.29) is 65.8 Å². The highest BCUT2D eigenvalue weighted by Gasteiger charge is 2.50. The van der Waals surface area contributed by atoms with Gasteiger partial charge in [-0.25, -0.2) is 14.6 Å². The summed E-state index contributed by atoms with van der Waals surface area (Å²) in [6, 6.07) is 0. The van der Waals surface area contributed by atoms with E-state index in [1.165, 1.54) is 31.7 Å². The van der Waals surface area contributed by atoms with Gasteiger partial charge in [-0.05, 0) is 39.3 Å². The molecule has 0 unspecified atom stereocenters. The first kappa shape index (κ1) is 36.3. The molecule has 4 rings (SSSR count). The maximum Gasteiger partial charge on any atom is 0.519 e. The second-order valence-electron chi connectivity index (χ2n) is 12.7. The first-order valence-corrected chi connectivity index (χ1v) is 15.4. The highest BCUT2D eigenvalue weighted by molar-refractivity contribution is 6.28. The Kier molecular flexibility index (Phi) is 10.8. The molecule has 18 heteroatoms. The van der Waals surface area contributed by atoms with Crippen molar-refractivity contribution in [2.45, 2.75) is 98.4 Å². The fourth-order valence-electron chi connectivity index (χ4n) is 4.64. The van der Waals surface area contributed by atoms with Crippen molar-refractivity contribution in [2.75, 3.05) is 11.9 Å². The van der Waals surface area contributed by atoms with Gasteiger partial charge in [0.15, 0.2) is 35.1 Å². The van der Waals surface area contributed by atoms with Crippen LogP contribution in [0, 0.1) is 18.8 Å². The van der Waals surface area contributed by atoms with Crippen molar-refractivity contribution in [2.24, 2.45) is 11.8 Å². The van der Waals surface area contributed by atoms with Crippen LogP contribution in [-0.2, 0) is 44.7 Å². The summed E-state index contributed by atoms with van der Waals surface area (Å²) >= 11 is 6.23. The molecular formula is C30H38ClN5O12. The fraction of sp³-hybridized carbons (Fsp3) is 0.600. The molecule has 1 aliphatic rings. The number of carbonyl (C=O) groups excluding carboxylic acids is 4. The van der Waals surface area contributed by atoms with E-state index < -0.39 is 59.3 Å². The molecule has 0 saturated carbocycles. The summed E-state index contributed by atoms with van der Waals surface area (Å²) in [4.78, 5) is 74.0. The van der Waals surface area contributed by atoms with Gasteiger partial charge in [0.1, 0.15) is 30.1 Å². The van der Waals surface area contributed by atoms with Crippen LogP contribution in [0.4, 0.5) is 10.6 Å². The van der Waals surface area contributed by atoms with Gasteiger partial charge in [0.2, 0.25) is 5.28 Å². The molecule has 48 heavy (non-hydrogen) atoms. The maximum absolute atomic E-state index is 12.9. The van der Waals surface area contributed by atoms with E-state index in [0.717, 1.165) is 0 Å². The average Bonchev–Trinajstić information content (AvgIpc) is 3.64. The topological polar surface area (TPSA) is 213 Å². The van der Waals surface area contributed by atoms with Gasteiger partial charge >= 0.3 is 29.8 Å². The van der Waals surface area contributed by atoms with Crippen LogP contribution < -0.4 is 11.1 Å². The largest absolute Gasteiger partial charge is 0.519 e. The van der Waals surface area contributed by atoms with E-state index in [2.05, 4.69) is 20.3 Å². The van der Waals surface area contributed by atoms with Crippen molar-refractivity contribution in [3.8, 4) is 0 Å². The summed E-state index contributed by atoms with van der Waals surface area (Å²) < 4.78 is 39.2. The number of hydrogen-bond donors (Lipinski definition) is 1. The highest BCUT2D eigenvalue weighted by atomic mass is 35.5. The standard InChI is InChI=1S/C30H38ClN5O12/c1-14(2)24(38)43-12-30(8)18(46-25(39)15(3)4)9-19(47-30)36-13-32-21-22(33-26(31)35-23(21)36)34-27(40)48-29(6,7)10-20(37)42-11-17-16(5)44-28(41)45-17/h13-15,18-19H,9-12H2,1-8H3,(H,33,34,35,40)/t18-,19+,30+/m0/s1. The van der Waals surface area contributed by atoms with Crippen molar-refractivity contribution >= 4 is 52.6 Å². The van der Waals surface area contributed by atoms with E-state index in [9.17, 15) is 24.0 Å². The zero-order valence-electron chi connectivity index (χ0n) is 27.8. The van der Waals surface area contributed by atoms with Gasteiger partial charge in [0.05, 0.1) is 24.6 Å². The number of imidazole rings is 1. The minimum absolute atomic E-state index is 0.0585. The summed E-state index contributed by atoms with van der Waals surface area (Å²) in [7, 11) is 0. The lowest BCUT2D eigenvalue weighted by Gasteiger charge is -2.30. The second kappa shape index (κ2) is 14.3. The van der Waals surface area contributed by atoms with E-state index in [1.807, 2.05) is 0 Å². The van der Waals surface area contributed by atoms with Crippen LogP contribution in [0.2, 0.25) is 5.28 Å². The van der Waals surface area contributed by atoms with Gasteiger partial charge in [-0.15, -0.1) is 0 Å². The van der Waals surface area contributed by atoms with Gasteiger partial charge in [-0.1, -0.05) is 27.7 Å². The van der Waals surface area contributed by atoms with Crippen LogP contribution in [0.25, 0.3) is 11.2 Å². The molecule has 0 bridgehead atoms. The highest BCUT2D eigenvalue weighted by Crippen LogP contribution is 2.41. The van der Waals surface area contributed by atoms with Crippen molar-refractivity contribution in [3.63, 3.8) is 0 Å². The molecule has 1 saturated heterocycles. The van der Waals surface area contributed by atoms with Crippen molar-refractivity contribution in [1.29, 1.82) is 0 Å². The van der Waals surface area contributed by atoms with Gasteiger partial charge < -0.3 is 32.5 Å². The van der Waals surface area contributed by atoms with E-state index in [4.69, 9.17) is 44.1 Å². The minimum Gasteiger partial charge on any atom is -0.462 e. The predicted molar refractivity (Wildman–Crippen MR) is 165 cm³/mol. The summed E-state index contributed by atoms with van der Waals surface area (Å²) in [5.74, 6) is -3.18. The Morgan fingerprint density at radius 2 is 1.79 bits per heavy atom. The normalized spacial score (nSPS) is 19.5. The molecule has 0 radical (unpaired) electrons. The SMILES string of the molecule is Cc1oc(=O)oc1COC(=O)CC(C)(C)OC(=O)Nc1nc(Cl)nc2c1ncn2[C@H]1C[C@H](OC(=O)C(C)C)[C@@](C)(COC(=O)C(C)C)O1. The lowest BCUT2D eigenvalue weighted by Crippen LogP contribution is -2.44. The fourth-order valence-corrected chi connectivity index (χ4v) is 4.81. The number of aromatic nitrogens is 4. The Bertz CT molecular complexity index is 1740. The van der Waals surface area contributed by atoms with Gasteiger partial charge in [-0.2, -0.15) is 9.97 Å². The third kappa shape index (κ3) is 8.69. The molecule has 3 aromatic heterocycles. The Morgan fingerprint density at radius 1 is 1.10 bits per heavy atom. The van der Waals surface area contributed by atoms with Crippen LogP contribution in [-0.4, -0.2) is 67.4 Å². The van der Waals surface area contributed by atoms with Crippen molar-refractivity contribution < 1.29 is 51.7 Å². The molecule has 17 nitrogen and oxygen atoms in total. The lowest BCUT2D eigenvalue weighted by atomic mass is 9.99. The number of nitrogens with zero attached hydrogens (tertiary/aromatic N) is 4. The molecule has 3 aromatic rings. The van der Waals surface area contributed by atoms with Crippen LogP contribution in [0.1, 0.15) is 79.1 Å². The molecule has 3 atom stereocenters. The molecule has 4 heterocycles. The maximum atomic E-state index is 12.9. The average molecular weight is 696 g/mol. The Balaban J connectivity index is 1.48. The van der Waals surface area contributed by atoms with E-state index in [0.29, 0.717) is 0 Å². The number of anilines is 1. The number of fused-ring (bicyclic) bond motifs is 1. The van der Waals surface area contributed by atoms with Crippen LogP contribution in [0.15, 0.2) is 20.0 Å². The van der Waals surface area contributed by atoms with Crippen LogP contribution >= 0.6 is 11.6 Å². The summed E-state index contributed by atoms with van der Waals surface area (Å²) in [5, 5.41) is 2.24. The third-order valence-corrected chi connectivity index (χ3v) is 7.44. The van der Waals surface area contributed by atoms with Crippen molar-refractivity contribution in [1.82, 2.24) is 19.5 Å². The number of amides is 1. The van der Waals surface area contributed by atoms with Gasteiger partial charge in [0, 0.05) is 6.42 Å². The number of aryl methyl sites for hydroxylation is 1. The molecule has 0 aliphatic carbocycles. The first-order valence-electron chi connectivity index (χ1n) is 15.1. The number of ether oxygens (including phenoxy) is 5. The number of esters is 3. The Labute approximate surface area is 279 Å². The smallest absolute Gasteiger partial charge is 0.462 e. The predicted octanol–water partition coefficient (Wildman–Crippen LogP) is 4.24. The third-order valence-electron chi connectivity index (χ3n) is 7.27. The molecule has 0 aromatic carbocycles. The molecule has 0 spiro atoms. The zero-order chi connectivity index (χ0) is 35.6. The number of carbonyl (C=O) groups is 4. The molecule has 1 aliphatic heterocycles. The monoisotopic (exact) mass is 695 g/mol. The second-order valence-corrected chi connectivity index (χ2v) is 13.0. The number of hydrogen-bond acceptors (Lipinski definition) is 15. The Morgan fingerprint density at radius 3 is 2.42 bits per heavy atom. The molecular weight excluding hydrogens is 658 g/mol. The molecule has 1 N–H and O–H groups in total.